The molecule has 0 unspecified atom stereocenters. The number of hydrogen-bond donors (Lipinski definition) is 2. The SMILES string of the molecule is O=C(c1ccnc2ccccc12)N(S)S. The van der Waals surface area contributed by atoms with E-state index in [4.69, 9.17) is 0 Å². The Labute approximate surface area is 98.2 Å². The standard InChI is InChI=1S/C10H8N2OS2/c13-10(12(14)15)8-5-6-11-9-4-2-1-3-7(8)9/h1-6,14-15H. The number of hydrogen-bond acceptors (Lipinski definition) is 4. The summed E-state index contributed by atoms with van der Waals surface area (Å²) >= 11 is 7.71. The van der Waals surface area contributed by atoms with E-state index in [1.165, 1.54) is 0 Å². The molecule has 1 heterocycles. The zero-order valence-electron chi connectivity index (χ0n) is 7.66. The molecular weight excluding hydrogens is 228 g/mol. The van der Waals surface area contributed by atoms with E-state index in [2.05, 4.69) is 30.6 Å². The number of amides is 1. The number of pyridine rings is 1. The number of thiol groups is 2. The van der Waals surface area contributed by atoms with Crippen molar-refractivity contribution in [3.8, 4) is 0 Å². The number of carbonyl (C=O) groups is 1. The predicted molar refractivity (Wildman–Crippen MR) is 65.9 cm³/mol. The van der Waals surface area contributed by atoms with Crippen LogP contribution in [0.4, 0.5) is 0 Å². The highest BCUT2D eigenvalue weighted by Crippen LogP contribution is 2.19. The molecule has 2 aromatic rings. The maximum absolute atomic E-state index is 11.7. The third kappa shape index (κ3) is 1.93. The highest BCUT2D eigenvalue weighted by atomic mass is 32.2. The number of para-hydroxylation sites is 1. The predicted octanol–water partition coefficient (Wildman–Crippen LogP) is 2.37. The summed E-state index contributed by atoms with van der Waals surface area (Å²) in [7, 11) is 0. The summed E-state index contributed by atoms with van der Waals surface area (Å²) in [6.45, 7) is 0. The van der Waals surface area contributed by atoms with Crippen molar-refractivity contribution < 1.29 is 4.79 Å². The molecule has 5 heteroatoms. The van der Waals surface area contributed by atoms with E-state index < -0.39 is 0 Å². The minimum absolute atomic E-state index is 0.264. The van der Waals surface area contributed by atoms with Gasteiger partial charge in [-0.2, -0.15) is 0 Å². The molecule has 0 radical (unpaired) electrons. The van der Waals surface area contributed by atoms with E-state index >= 15 is 0 Å². The summed E-state index contributed by atoms with van der Waals surface area (Å²) < 4.78 is 0.960. The van der Waals surface area contributed by atoms with Crippen molar-refractivity contribution in [2.24, 2.45) is 0 Å². The third-order valence-electron chi connectivity index (χ3n) is 2.06. The van der Waals surface area contributed by atoms with E-state index in [1.807, 2.05) is 24.3 Å². The van der Waals surface area contributed by atoms with Crippen LogP contribution in [0.3, 0.4) is 0 Å². The van der Waals surface area contributed by atoms with Crippen LogP contribution in [0, 0.1) is 0 Å². The van der Waals surface area contributed by atoms with E-state index in [0.29, 0.717) is 5.56 Å². The largest absolute Gasteiger partial charge is 0.274 e. The number of fused-ring (bicyclic) bond motifs is 1. The van der Waals surface area contributed by atoms with Gasteiger partial charge in [0.2, 0.25) is 0 Å². The van der Waals surface area contributed by atoms with Gasteiger partial charge in [0.25, 0.3) is 5.91 Å². The Bertz CT molecular complexity index is 508. The number of carbonyl (C=O) groups excluding carboxylic acids is 1. The van der Waals surface area contributed by atoms with E-state index in [-0.39, 0.29) is 5.91 Å². The van der Waals surface area contributed by atoms with Gasteiger partial charge in [0, 0.05) is 11.6 Å². The molecule has 2 rings (SSSR count). The molecule has 0 aliphatic carbocycles. The van der Waals surface area contributed by atoms with Crippen molar-refractivity contribution in [3.05, 3.63) is 42.1 Å². The van der Waals surface area contributed by atoms with Gasteiger partial charge >= 0.3 is 0 Å². The lowest BCUT2D eigenvalue weighted by Gasteiger charge is -2.09. The molecule has 0 atom stereocenters. The summed E-state index contributed by atoms with van der Waals surface area (Å²) in [6, 6.07) is 9.10. The van der Waals surface area contributed by atoms with Gasteiger partial charge in [-0.3, -0.25) is 9.78 Å². The van der Waals surface area contributed by atoms with E-state index in [1.54, 1.807) is 12.3 Å². The molecule has 1 aromatic heterocycles. The van der Waals surface area contributed by atoms with Gasteiger partial charge in [0.1, 0.15) is 0 Å². The molecule has 76 valence electrons. The average molecular weight is 236 g/mol. The fourth-order valence-electron chi connectivity index (χ4n) is 1.39. The van der Waals surface area contributed by atoms with Crippen LogP contribution in [0.1, 0.15) is 10.4 Å². The Balaban J connectivity index is 2.66. The lowest BCUT2D eigenvalue weighted by atomic mass is 10.1. The first-order valence-corrected chi connectivity index (χ1v) is 5.06. The third-order valence-corrected chi connectivity index (χ3v) is 2.42. The van der Waals surface area contributed by atoms with E-state index in [0.717, 1.165) is 14.6 Å². The van der Waals surface area contributed by atoms with Crippen molar-refractivity contribution in [1.29, 1.82) is 0 Å². The summed E-state index contributed by atoms with van der Waals surface area (Å²) in [5.74, 6) is -0.264. The fourth-order valence-corrected chi connectivity index (χ4v) is 1.61. The van der Waals surface area contributed by atoms with Crippen molar-refractivity contribution in [2.45, 2.75) is 0 Å². The molecule has 0 spiro atoms. The Hall–Kier alpha value is -1.20. The lowest BCUT2D eigenvalue weighted by molar-refractivity contribution is 0.0938. The highest BCUT2D eigenvalue weighted by Gasteiger charge is 2.12. The Morgan fingerprint density at radius 1 is 1.20 bits per heavy atom. The van der Waals surface area contributed by atoms with Crippen LogP contribution in [-0.2, 0) is 0 Å². The average Bonchev–Trinajstić information content (AvgIpc) is 2.27. The first-order chi connectivity index (χ1) is 7.20. The number of aromatic nitrogens is 1. The quantitative estimate of drug-likeness (QED) is 0.745. The smallest absolute Gasteiger partial charge is 0.267 e. The molecular formula is C10H8N2OS2. The van der Waals surface area contributed by atoms with Crippen LogP contribution >= 0.6 is 25.6 Å². The molecule has 15 heavy (non-hydrogen) atoms. The maximum atomic E-state index is 11.7. The second-order valence-corrected chi connectivity index (χ2v) is 4.09. The minimum Gasteiger partial charge on any atom is -0.267 e. The van der Waals surface area contributed by atoms with Crippen molar-refractivity contribution in [3.63, 3.8) is 0 Å². The van der Waals surface area contributed by atoms with Gasteiger partial charge in [0.05, 0.1) is 11.1 Å². The number of rotatable bonds is 1. The zero-order valence-corrected chi connectivity index (χ0v) is 9.45. The Morgan fingerprint density at radius 3 is 2.67 bits per heavy atom. The van der Waals surface area contributed by atoms with Crippen LogP contribution in [0.25, 0.3) is 10.9 Å². The maximum Gasteiger partial charge on any atom is 0.274 e. The molecule has 0 saturated carbocycles. The van der Waals surface area contributed by atoms with Crippen molar-refractivity contribution in [1.82, 2.24) is 8.69 Å². The van der Waals surface area contributed by atoms with Gasteiger partial charge < -0.3 is 0 Å². The fraction of sp³-hybridized carbons (Fsp3) is 0. The normalized spacial score (nSPS) is 10.3. The topological polar surface area (TPSA) is 33.2 Å². The Morgan fingerprint density at radius 2 is 1.93 bits per heavy atom. The first kappa shape index (κ1) is 10.3. The lowest BCUT2D eigenvalue weighted by Crippen LogP contribution is -2.12. The van der Waals surface area contributed by atoms with E-state index in [9.17, 15) is 4.79 Å². The summed E-state index contributed by atoms with van der Waals surface area (Å²) in [4.78, 5) is 15.9. The number of nitrogens with zero attached hydrogens (tertiary/aromatic N) is 2. The summed E-state index contributed by atoms with van der Waals surface area (Å²) in [6.07, 6.45) is 1.60. The van der Waals surface area contributed by atoms with Gasteiger partial charge in [0.15, 0.2) is 0 Å². The molecule has 0 fully saturated rings. The van der Waals surface area contributed by atoms with Crippen LogP contribution in [0.5, 0.6) is 0 Å². The molecule has 0 aliphatic rings. The summed E-state index contributed by atoms with van der Waals surface area (Å²) in [5, 5.41) is 0.804. The monoisotopic (exact) mass is 236 g/mol. The molecule has 0 bridgehead atoms. The van der Waals surface area contributed by atoms with Crippen molar-refractivity contribution in [2.75, 3.05) is 0 Å². The molecule has 1 aromatic carbocycles. The zero-order chi connectivity index (χ0) is 10.8. The minimum atomic E-state index is -0.264. The second-order valence-electron chi connectivity index (χ2n) is 2.97. The van der Waals surface area contributed by atoms with Crippen LogP contribution in [-0.4, -0.2) is 14.6 Å². The Kier molecular flexibility index (Phi) is 2.83. The molecule has 0 saturated heterocycles. The first-order valence-electron chi connectivity index (χ1n) is 4.26. The molecule has 0 aliphatic heterocycles. The van der Waals surface area contributed by atoms with Crippen LogP contribution < -0.4 is 0 Å². The van der Waals surface area contributed by atoms with Crippen LogP contribution in [0.2, 0.25) is 0 Å². The van der Waals surface area contributed by atoms with Crippen LogP contribution in [0.15, 0.2) is 36.5 Å². The molecule has 0 N–H and O–H groups in total. The van der Waals surface area contributed by atoms with Gasteiger partial charge in [-0.05, 0) is 12.1 Å². The van der Waals surface area contributed by atoms with Gasteiger partial charge in [-0.1, -0.05) is 43.8 Å². The molecule has 3 nitrogen and oxygen atoms in total. The number of benzene rings is 1. The second kappa shape index (κ2) is 4.12. The van der Waals surface area contributed by atoms with Gasteiger partial charge in [-0.15, -0.1) is 0 Å². The summed E-state index contributed by atoms with van der Waals surface area (Å²) in [5.41, 5.74) is 1.33. The van der Waals surface area contributed by atoms with Gasteiger partial charge in [-0.25, -0.2) is 3.71 Å². The molecule has 1 amide bonds. The van der Waals surface area contributed by atoms with Crippen molar-refractivity contribution >= 4 is 42.4 Å². The highest BCUT2D eigenvalue weighted by molar-refractivity contribution is 7.94.